The molecule has 0 amide bonds. The molecule has 1 saturated heterocycles. The third kappa shape index (κ3) is 2.48. The van der Waals surface area contributed by atoms with Gasteiger partial charge in [0, 0.05) is 39.1 Å². The average molecular weight is 223 g/mol. The Morgan fingerprint density at radius 1 is 1.50 bits per heavy atom. The predicted molar refractivity (Wildman–Crippen MR) is 60.4 cm³/mol. The molecule has 1 fully saturated rings. The van der Waals surface area contributed by atoms with Gasteiger partial charge in [-0.05, 0) is 12.5 Å². The second-order valence-electron chi connectivity index (χ2n) is 4.13. The SMILES string of the molecule is COC1(CNc2ncc(C)cn2)CCOC1. The van der Waals surface area contributed by atoms with Crippen LogP contribution in [0.4, 0.5) is 5.95 Å². The lowest BCUT2D eigenvalue weighted by Crippen LogP contribution is -2.39. The molecule has 16 heavy (non-hydrogen) atoms. The van der Waals surface area contributed by atoms with Crippen molar-refractivity contribution < 1.29 is 9.47 Å². The summed E-state index contributed by atoms with van der Waals surface area (Å²) in [5.41, 5.74) is 0.824. The van der Waals surface area contributed by atoms with Crippen molar-refractivity contribution in [1.82, 2.24) is 9.97 Å². The van der Waals surface area contributed by atoms with Crippen molar-refractivity contribution in [2.75, 3.05) is 32.2 Å². The largest absolute Gasteiger partial charge is 0.378 e. The molecule has 1 aliphatic heterocycles. The van der Waals surface area contributed by atoms with E-state index >= 15 is 0 Å². The third-order valence-corrected chi connectivity index (χ3v) is 2.85. The van der Waals surface area contributed by atoms with Crippen LogP contribution in [0, 0.1) is 6.92 Å². The summed E-state index contributed by atoms with van der Waals surface area (Å²) in [5.74, 6) is 0.633. The molecule has 2 rings (SSSR count). The summed E-state index contributed by atoms with van der Waals surface area (Å²) in [7, 11) is 1.71. The summed E-state index contributed by atoms with van der Waals surface area (Å²) in [4.78, 5) is 8.37. The first-order valence-corrected chi connectivity index (χ1v) is 5.39. The van der Waals surface area contributed by atoms with Gasteiger partial charge in [-0.2, -0.15) is 0 Å². The normalized spacial score (nSPS) is 24.6. The molecule has 1 N–H and O–H groups in total. The van der Waals surface area contributed by atoms with E-state index in [-0.39, 0.29) is 5.60 Å². The molecule has 0 saturated carbocycles. The minimum absolute atomic E-state index is 0.228. The first-order chi connectivity index (χ1) is 7.74. The number of nitrogens with one attached hydrogen (secondary N) is 1. The van der Waals surface area contributed by atoms with Crippen LogP contribution in [0.5, 0.6) is 0 Å². The third-order valence-electron chi connectivity index (χ3n) is 2.85. The van der Waals surface area contributed by atoms with E-state index in [9.17, 15) is 0 Å². The number of hydrogen-bond acceptors (Lipinski definition) is 5. The summed E-state index contributed by atoms with van der Waals surface area (Å²) < 4.78 is 10.9. The number of nitrogens with zero attached hydrogens (tertiary/aromatic N) is 2. The highest BCUT2D eigenvalue weighted by Gasteiger charge is 2.34. The Morgan fingerprint density at radius 2 is 2.25 bits per heavy atom. The van der Waals surface area contributed by atoms with Crippen molar-refractivity contribution in [3.8, 4) is 0 Å². The van der Waals surface area contributed by atoms with E-state index in [4.69, 9.17) is 9.47 Å². The zero-order valence-electron chi connectivity index (χ0n) is 9.69. The molecule has 1 aromatic heterocycles. The van der Waals surface area contributed by atoms with Gasteiger partial charge in [-0.1, -0.05) is 0 Å². The van der Waals surface area contributed by atoms with Gasteiger partial charge in [-0.25, -0.2) is 9.97 Å². The van der Waals surface area contributed by atoms with Crippen LogP contribution in [0.1, 0.15) is 12.0 Å². The van der Waals surface area contributed by atoms with Crippen LogP contribution in [-0.4, -0.2) is 42.4 Å². The van der Waals surface area contributed by atoms with Gasteiger partial charge in [0.2, 0.25) is 5.95 Å². The summed E-state index contributed by atoms with van der Waals surface area (Å²) in [6.07, 6.45) is 4.49. The number of anilines is 1. The van der Waals surface area contributed by atoms with Crippen molar-refractivity contribution in [2.45, 2.75) is 18.9 Å². The molecule has 0 radical (unpaired) electrons. The molecule has 5 nitrogen and oxygen atoms in total. The zero-order chi connectivity index (χ0) is 11.4. The molecule has 0 spiro atoms. The summed E-state index contributed by atoms with van der Waals surface area (Å²) in [6, 6.07) is 0. The van der Waals surface area contributed by atoms with Crippen molar-refractivity contribution in [2.24, 2.45) is 0 Å². The van der Waals surface area contributed by atoms with Crippen molar-refractivity contribution in [3.63, 3.8) is 0 Å². The maximum atomic E-state index is 5.50. The molecule has 5 heteroatoms. The molecule has 88 valence electrons. The Labute approximate surface area is 95.2 Å². The van der Waals surface area contributed by atoms with E-state index in [1.807, 2.05) is 6.92 Å². The maximum Gasteiger partial charge on any atom is 0.222 e. The number of methoxy groups -OCH3 is 1. The lowest BCUT2D eigenvalue weighted by molar-refractivity contribution is -0.00631. The van der Waals surface area contributed by atoms with E-state index in [1.54, 1.807) is 19.5 Å². The van der Waals surface area contributed by atoms with E-state index < -0.39 is 0 Å². The van der Waals surface area contributed by atoms with Crippen molar-refractivity contribution >= 4 is 5.95 Å². The first-order valence-electron chi connectivity index (χ1n) is 5.39. The fourth-order valence-electron chi connectivity index (χ4n) is 1.69. The smallest absolute Gasteiger partial charge is 0.222 e. The van der Waals surface area contributed by atoms with E-state index in [2.05, 4.69) is 15.3 Å². The number of hydrogen-bond donors (Lipinski definition) is 1. The Kier molecular flexibility index (Phi) is 3.36. The molecule has 0 bridgehead atoms. The maximum absolute atomic E-state index is 5.50. The van der Waals surface area contributed by atoms with Gasteiger partial charge < -0.3 is 14.8 Å². The van der Waals surface area contributed by atoms with Gasteiger partial charge in [-0.3, -0.25) is 0 Å². The summed E-state index contributed by atoms with van der Waals surface area (Å²) in [5, 5.41) is 3.18. The van der Waals surface area contributed by atoms with Gasteiger partial charge in [0.15, 0.2) is 0 Å². The highest BCUT2D eigenvalue weighted by atomic mass is 16.5. The number of aryl methyl sites for hydroxylation is 1. The predicted octanol–water partition coefficient (Wildman–Crippen LogP) is 1.00. The standard InChI is InChI=1S/C11H17N3O2/c1-9-5-12-10(13-6-9)14-7-11(15-2)3-4-16-8-11/h5-6H,3-4,7-8H2,1-2H3,(H,12,13,14). The molecular weight excluding hydrogens is 206 g/mol. The van der Waals surface area contributed by atoms with Gasteiger partial charge in [-0.15, -0.1) is 0 Å². The molecule has 0 aromatic carbocycles. The number of rotatable bonds is 4. The Balaban J connectivity index is 1.93. The van der Waals surface area contributed by atoms with Crippen molar-refractivity contribution in [3.05, 3.63) is 18.0 Å². The van der Waals surface area contributed by atoms with E-state index in [0.29, 0.717) is 19.1 Å². The highest BCUT2D eigenvalue weighted by molar-refractivity contribution is 5.25. The van der Waals surface area contributed by atoms with Crippen LogP contribution in [-0.2, 0) is 9.47 Å². The quantitative estimate of drug-likeness (QED) is 0.825. The molecule has 1 aromatic rings. The van der Waals surface area contributed by atoms with Crippen molar-refractivity contribution in [1.29, 1.82) is 0 Å². The molecule has 2 heterocycles. The zero-order valence-corrected chi connectivity index (χ0v) is 9.69. The number of ether oxygens (including phenoxy) is 2. The second kappa shape index (κ2) is 4.76. The minimum Gasteiger partial charge on any atom is -0.378 e. The monoisotopic (exact) mass is 223 g/mol. The Bertz CT molecular complexity index is 334. The fraction of sp³-hybridized carbons (Fsp3) is 0.636. The topological polar surface area (TPSA) is 56.3 Å². The molecular formula is C11H17N3O2. The average Bonchev–Trinajstić information content (AvgIpc) is 2.78. The highest BCUT2D eigenvalue weighted by Crippen LogP contribution is 2.22. The lowest BCUT2D eigenvalue weighted by Gasteiger charge is -2.25. The Hall–Kier alpha value is -1.20. The van der Waals surface area contributed by atoms with Gasteiger partial charge in [0.25, 0.3) is 0 Å². The molecule has 0 aliphatic carbocycles. The first kappa shape index (κ1) is 11.3. The number of aromatic nitrogens is 2. The van der Waals surface area contributed by atoms with Crippen LogP contribution in [0.3, 0.4) is 0 Å². The van der Waals surface area contributed by atoms with Crippen LogP contribution in [0.25, 0.3) is 0 Å². The molecule has 1 unspecified atom stereocenters. The molecule has 1 aliphatic rings. The van der Waals surface area contributed by atoms with Crippen LogP contribution < -0.4 is 5.32 Å². The van der Waals surface area contributed by atoms with Crippen LogP contribution in [0.15, 0.2) is 12.4 Å². The van der Waals surface area contributed by atoms with E-state index in [0.717, 1.165) is 18.6 Å². The van der Waals surface area contributed by atoms with Gasteiger partial charge in [0.05, 0.1) is 6.61 Å². The Morgan fingerprint density at radius 3 is 2.81 bits per heavy atom. The van der Waals surface area contributed by atoms with Crippen LogP contribution >= 0.6 is 0 Å². The fourth-order valence-corrected chi connectivity index (χ4v) is 1.69. The second-order valence-corrected chi connectivity index (χ2v) is 4.13. The summed E-state index contributed by atoms with van der Waals surface area (Å²) >= 11 is 0. The van der Waals surface area contributed by atoms with Gasteiger partial charge >= 0.3 is 0 Å². The van der Waals surface area contributed by atoms with Crippen LogP contribution in [0.2, 0.25) is 0 Å². The van der Waals surface area contributed by atoms with Gasteiger partial charge in [0.1, 0.15) is 5.60 Å². The van der Waals surface area contributed by atoms with E-state index in [1.165, 1.54) is 0 Å². The minimum atomic E-state index is -0.228. The molecule has 1 atom stereocenters. The summed E-state index contributed by atoms with van der Waals surface area (Å²) in [6.45, 7) is 4.02. The lowest BCUT2D eigenvalue weighted by atomic mass is 10.0.